The average Bonchev–Trinajstić information content (AvgIpc) is 2.50. The molecule has 0 aromatic heterocycles. The van der Waals surface area contributed by atoms with Crippen LogP contribution in [0.3, 0.4) is 0 Å². The molecule has 120 valence electrons. The lowest BCUT2D eigenvalue weighted by atomic mass is 10.2. The molecule has 1 atom stereocenters. The van der Waals surface area contributed by atoms with Gasteiger partial charge in [-0.1, -0.05) is 39.7 Å². The molecule has 0 fully saturated rings. The van der Waals surface area contributed by atoms with E-state index in [1.54, 1.807) is 31.3 Å². The number of nitrogens with one attached hydrogen (secondary N) is 1. The molecule has 23 heavy (non-hydrogen) atoms. The molecule has 0 spiro atoms. The number of amides is 1. The number of carbonyl (C=O) groups is 1. The minimum Gasteiger partial charge on any atom is -0.481 e. The molecular formula is C17H16BrClN2O2. The van der Waals surface area contributed by atoms with E-state index in [-0.39, 0.29) is 5.91 Å². The second-order valence-electron chi connectivity index (χ2n) is 4.96. The molecule has 0 aliphatic rings. The third-order valence-corrected chi connectivity index (χ3v) is 3.78. The summed E-state index contributed by atoms with van der Waals surface area (Å²) in [7, 11) is 0. The molecule has 6 heteroatoms. The summed E-state index contributed by atoms with van der Waals surface area (Å²) in [6, 6.07) is 12.8. The molecule has 1 unspecified atom stereocenters. The SMILES string of the molecule is Cc1cc(Cl)ccc1OC(C)C(=O)N/N=C/c1cccc(Br)c1. The minimum absolute atomic E-state index is 0.328. The second-order valence-corrected chi connectivity index (χ2v) is 6.31. The highest BCUT2D eigenvalue weighted by Gasteiger charge is 2.15. The van der Waals surface area contributed by atoms with Gasteiger partial charge in [-0.25, -0.2) is 5.43 Å². The number of hydrogen-bond donors (Lipinski definition) is 1. The van der Waals surface area contributed by atoms with E-state index in [0.717, 1.165) is 15.6 Å². The number of hydrazone groups is 1. The molecule has 0 radical (unpaired) electrons. The van der Waals surface area contributed by atoms with Gasteiger partial charge in [-0.05, 0) is 55.3 Å². The Labute approximate surface area is 148 Å². The first-order valence-electron chi connectivity index (χ1n) is 6.97. The summed E-state index contributed by atoms with van der Waals surface area (Å²) in [5.41, 5.74) is 4.21. The van der Waals surface area contributed by atoms with Crippen molar-refractivity contribution in [2.45, 2.75) is 20.0 Å². The lowest BCUT2D eigenvalue weighted by molar-refractivity contribution is -0.127. The summed E-state index contributed by atoms with van der Waals surface area (Å²) in [5.74, 6) is 0.290. The van der Waals surface area contributed by atoms with Gasteiger partial charge in [0.15, 0.2) is 6.10 Å². The van der Waals surface area contributed by atoms with Gasteiger partial charge in [0.1, 0.15) is 5.75 Å². The molecular weight excluding hydrogens is 380 g/mol. The highest BCUT2D eigenvalue weighted by atomic mass is 79.9. The van der Waals surface area contributed by atoms with Crippen LogP contribution in [-0.4, -0.2) is 18.2 Å². The van der Waals surface area contributed by atoms with Crippen molar-refractivity contribution in [3.8, 4) is 5.75 Å². The fourth-order valence-electron chi connectivity index (χ4n) is 1.84. The van der Waals surface area contributed by atoms with Crippen molar-refractivity contribution in [1.29, 1.82) is 0 Å². The van der Waals surface area contributed by atoms with E-state index in [1.165, 1.54) is 0 Å². The summed E-state index contributed by atoms with van der Waals surface area (Å²) in [6.45, 7) is 3.54. The zero-order chi connectivity index (χ0) is 16.8. The summed E-state index contributed by atoms with van der Waals surface area (Å²) >= 11 is 9.27. The van der Waals surface area contributed by atoms with Crippen molar-refractivity contribution in [2.75, 3.05) is 0 Å². The van der Waals surface area contributed by atoms with Crippen molar-refractivity contribution in [3.63, 3.8) is 0 Å². The van der Waals surface area contributed by atoms with Gasteiger partial charge < -0.3 is 4.74 Å². The average molecular weight is 396 g/mol. The predicted octanol–water partition coefficient (Wildman–Crippen LogP) is 4.33. The van der Waals surface area contributed by atoms with Crippen molar-refractivity contribution >= 4 is 39.7 Å². The number of rotatable bonds is 5. The van der Waals surface area contributed by atoms with Crippen LogP contribution in [0, 0.1) is 6.92 Å². The largest absolute Gasteiger partial charge is 0.481 e. The molecule has 0 aliphatic carbocycles. The monoisotopic (exact) mass is 394 g/mol. The highest BCUT2D eigenvalue weighted by Crippen LogP contribution is 2.22. The molecule has 0 heterocycles. The lowest BCUT2D eigenvalue weighted by Crippen LogP contribution is -2.33. The molecule has 2 aromatic rings. The fourth-order valence-corrected chi connectivity index (χ4v) is 2.48. The van der Waals surface area contributed by atoms with Crippen LogP contribution >= 0.6 is 27.5 Å². The van der Waals surface area contributed by atoms with Crippen LogP contribution in [0.1, 0.15) is 18.1 Å². The third-order valence-electron chi connectivity index (χ3n) is 3.05. The zero-order valence-corrected chi connectivity index (χ0v) is 15.1. The Bertz CT molecular complexity index is 734. The van der Waals surface area contributed by atoms with E-state index in [4.69, 9.17) is 16.3 Å². The molecule has 1 N–H and O–H groups in total. The van der Waals surface area contributed by atoms with Crippen molar-refractivity contribution in [3.05, 3.63) is 63.1 Å². The molecule has 1 amide bonds. The van der Waals surface area contributed by atoms with E-state index < -0.39 is 6.10 Å². The predicted molar refractivity (Wildman–Crippen MR) is 96.2 cm³/mol. The Morgan fingerprint density at radius 2 is 2.13 bits per heavy atom. The Morgan fingerprint density at radius 1 is 1.35 bits per heavy atom. The van der Waals surface area contributed by atoms with E-state index in [0.29, 0.717) is 10.8 Å². The van der Waals surface area contributed by atoms with Gasteiger partial charge in [0.2, 0.25) is 0 Å². The van der Waals surface area contributed by atoms with E-state index in [9.17, 15) is 4.79 Å². The first-order chi connectivity index (χ1) is 11.0. The smallest absolute Gasteiger partial charge is 0.280 e. The molecule has 2 aromatic carbocycles. The van der Waals surface area contributed by atoms with Crippen LogP contribution in [0.25, 0.3) is 0 Å². The van der Waals surface area contributed by atoms with Crippen LogP contribution in [0.2, 0.25) is 5.02 Å². The molecule has 0 saturated heterocycles. The minimum atomic E-state index is -0.672. The zero-order valence-electron chi connectivity index (χ0n) is 12.7. The van der Waals surface area contributed by atoms with Gasteiger partial charge in [-0.3, -0.25) is 4.79 Å². The number of carbonyl (C=O) groups excluding carboxylic acids is 1. The van der Waals surface area contributed by atoms with Crippen molar-refractivity contribution < 1.29 is 9.53 Å². The van der Waals surface area contributed by atoms with Gasteiger partial charge in [-0.15, -0.1) is 0 Å². The first-order valence-corrected chi connectivity index (χ1v) is 8.14. The highest BCUT2D eigenvalue weighted by molar-refractivity contribution is 9.10. The van der Waals surface area contributed by atoms with Crippen molar-refractivity contribution in [2.24, 2.45) is 5.10 Å². The lowest BCUT2D eigenvalue weighted by Gasteiger charge is -2.14. The Hall–Kier alpha value is -1.85. The van der Waals surface area contributed by atoms with E-state index >= 15 is 0 Å². The molecule has 0 saturated carbocycles. The number of nitrogens with zero attached hydrogens (tertiary/aromatic N) is 1. The van der Waals surface area contributed by atoms with Gasteiger partial charge in [-0.2, -0.15) is 5.10 Å². The van der Waals surface area contributed by atoms with Gasteiger partial charge in [0, 0.05) is 9.50 Å². The van der Waals surface area contributed by atoms with Crippen LogP contribution < -0.4 is 10.2 Å². The fraction of sp³-hybridized carbons (Fsp3) is 0.176. The van der Waals surface area contributed by atoms with Crippen LogP contribution in [0.4, 0.5) is 0 Å². The Balaban J connectivity index is 1.92. The maximum absolute atomic E-state index is 12.0. The quantitative estimate of drug-likeness (QED) is 0.605. The van der Waals surface area contributed by atoms with Gasteiger partial charge in [0.25, 0.3) is 5.91 Å². The maximum Gasteiger partial charge on any atom is 0.280 e. The number of hydrogen-bond acceptors (Lipinski definition) is 3. The number of benzene rings is 2. The molecule has 0 aliphatic heterocycles. The normalized spacial score (nSPS) is 12.2. The second kappa shape index (κ2) is 8.13. The number of ether oxygens (including phenoxy) is 1. The van der Waals surface area contributed by atoms with Gasteiger partial charge >= 0.3 is 0 Å². The summed E-state index contributed by atoms with van der Waals surface area (Å²) in [6.07, 6.45) is 0.901. The first kappa shape index (κ1) is 17.5. The standard InChI is InChI=1S/C17H16BrClN2O2/c1-11-8-15(19)6-7-16(11)23-12(2)17(22)21-20-10-13-4-3-5-14(18)9-13/h3-10,12H,1-2H3,(H,21,22)/b20-10+. The molecule has 4 nitrogen and oxygen atoms in total. The van der Waals surface area contributed by atoms with Crippen LogP contribution in [0.15, 0.2) is 52.0 Å². The Kier molecular flexibility index (Phi) is 6.19. The number of halogens is 2. The maximum atomic E-state index is 12.0. The number of aryl methyl sites for hydroxylation is 1. The van der Waals surface area contributed by atoms with Crippen LogP contribution in [-0.2, 0) is 4.79 Å². The van der Waals surface area contributed by atoms with E-state index in [1.807, 2.05) is 31.2 Å². The molecule has 2 rings (SSSR count). The summed E-state index contributed by atoms with van der Waals surface area (Å²) in [5, 5.41) is 4.57. The van der Waals surface area contributed by atoms with Gasteiger partial charge in [0.05, 0.1) is 6.21 Å². The Morgan fingerprint density at radius 3 is 2.83 bits per heavy atom. The third kappa shape index (κ3) is 5.37. The molecule has 0 bridgehead atoms. The summed E-state index contributed by atoms with van der Waals surface area (Å²) < 4.78 is 6.58. The van der Waals surface area contributed by atoms with Crippen LogP contribution in [0.5, 0.6) is 5.75 Å². The topological polar surface area (TPSA) is 50.7 Å². The summed E-state index contributed by atoms with van der Waals surface area (Å²) in [4.78, 5) is 12.0. The van der Waals surface area contributed by atoms with Crippen molar-refractivity contribution in [1.82, 2.24) is 5.43 Å². The van der Waals surface area contributed by atoms with E-state index in [2.05, 4.69) is 26.5 Å².